The highest BCUT2D eigenvalue weighted by molar-refractivity contribution is 5.84. The second-order valence-corrected chi connectivity index (χ2v) is 7.03. The number of nitrogens with zero attached hydrogens (tertiary/aromatic N) is 1. The number of hydrogen-bond acceptors (Lipinski definition) is 6. The number of rotatable bonds is 7. The molecule has 0 N–H and O–H groups in total. The molecule has 0 aliphatic carbocycles. The lowest BCUT2D eigenvalue weighted by Crippen LogP contribution is -2.58. The number of benzene rings is 2. The Morgan fingerprint density at radius 2 is 1.66 bits per heavy atom. The molecule has 0 saturated carbocycles. The molecule has 4 rings (SSSR count). The Morgan fingerprint density at radius 3 is 2.31 bits per heavy atom. The van der Waals surface area contributed by atoms with Gasteiger partial charge in [-0.3, -0.25) is 4.79 Å². The van der Waals surface area contributed by atoms with Crippen LogP contribution in [0.1, 0.15) is 11.1 Å². The summed E-state index contributed by atoms with van der Waals surface area (Å²) in [6.45, 7) is 0.985. The average Bonchev–Trinajstić information content (AvgIpc) is 3.17. The Hall–Kier alpha value is -2.74. The molecule has 2 bridgehead atoms. The molecule has 0 aromatic heterocycles. The molecule has 7 nitrogen and oxygen atoms in total. The van der Waals surface area contributed by atoms with Gasteiger partial charge in [-0.05, 0) is 11.1 Å². The van der Waals surface area contributed by atoms with Crippen molar-refractivity contribution in [2.24, 2.45) is 0 Å². The van der Waals surface area contributed by atoms with Crippen LogP contribution in [-0.2, 0) is 41.7 Å². The first-order valence-corrected chi connectivity index (χ1v) is 9.52. The van der Waals surface area contributed by atoms with Gasteiger partial charge in [-0.25, -0.2) is 4.79 Å². The molecule has 2 aliphatic rings. The third-order valence-corrected chi connectivity index (χ3v) is 5.14. The van der Waals surface area contributed by atoms with Crippen LogP contribution in [0, 0.1) is 0 Å². The Labute approximate surface area is 169 Å². The molecule has 0 unspecified atom stereocenters. The SMILES string of the molecule is COC(=O)[C@H]1O[C@H]2O[C@H]1[C@@H](COCc1ccccc1)N(Cc1ccccc1)C2=O. The highest BCUT2D eigenvalue weighted by atomic mass is 16.8. The standard InChI is InChI=1S/C22H23NO6/c1-26-21(25)19-18-17(14-27-13-16-10-6-3-7-11-16)23(20(24)22(28-18)29-19)12-15-8-4-2-5-9-15/h2-11,17-19,22H,12-14H2,1H3/t17-,18+,19+,22-/m1/s1. The fraction of sp³-hybridized carbons (Fsp3) is 0.364. The van der Waals surface area contributed by atoms with Gasteiger partial charge < -0.3 is 23.8 Å². The number of morpholine rings is 1. The lowest BCUT2D eigenvalue weighted by Gasteiger charge is -2.38. The van der Waals surface area contributed by atoms with E-state index in [-0.39, 0.29) is 12.5 Å². The number of ether oxygens (including phenoxy) is 4. The van der Waals surface area contributed by atoms with E-state index >= 15 is 0 Å². The molecule has 0 radical (unpaired) electrons. The van der Waals surface area contributed by atoms with E-state index in [4.69, 9.17) is 18.9 Å². The summed E-state index contributed by atoms with van der Waals surface area (Å²) in [4.78, 5) is 26.8. The van der Waals surface area contributed by atoms with Gasteiger partial charge in [0.1, 0.15) is 6.10 Å². The van der Waals surface area contributed by atoms with Crippen molar-refractivity contribution < 1.29 is 28.5 Å². The molecule has 7 heteroatoms. The Morgan fingerprint density at radius 1 is 1.00 bits per heavy atom. The summed E-state index contributed by atoms with van der Waals surface area (Å²) in [5.41, 5.74) is 2.00. The minimum Gasteiger partial charge on any atom is -0.467 e. The predicted octanol–water partition coefficient (Wildman–Crippen LogP) is 1.90. The van der Waals surface area contributed by atoms with Crippen LogP contribution in [0.4, 0.5) is 0 Å². The van der Waals surface area contributed by atoms with E-state index in [9.17, 15) is 9.59 Å². The van der Waals surface area contributed by atoms with Gasteiger partial charge in [0.15, 0.2) is 6.10 Å². The van der Waals surface area contributed by atoms with E-state index < -0.39 is 30.5 Å². The number of carbonyl (C=O) groups excluding carboxylic acids is 2. The van der Waals surface area contributed by atoms with E-state index in [1.54, 1.807) is 4.90 Å². The Bertz CT molecular complexity index is 843. The summed E-state index contributed by atoms with van der Waals surface area (Å²) < 4.78 is 22.0. The van der Waals surface area contributed by atoms with Gasteiger partial charge in [-0.15, -0.1) is 0 Å². The van der Waals surface area contributed by atoms with Crippen molar-refractivity contribution >= 4 is 11.9 Å². The molecule has 2 heterocycles. The van der Waals surface area contributed by atoms with E-state index in [0.29, 0.717) is 13.2 Å². The summed E-state index contributed by atoms with van der Waals surface area (Å²) in [6, 6.07) is 18.9. The average molecular weight is 397 g/mol. The molecule has 4 atom stereocenters. The van der Waals surface area contributed by atoms with Gasteiger partial charge >= 0.3 is 5.97 Å². The summed E-state index contributed by atoms with van der Waals surface area (Å²) >= 11 is 0. The molecule has 152 valence electrons. The van der Waals surface area contributed by atoms with Crippen LogP contribution >= 0.6 is 0 Å². The van der Waals surface area contributed by atoms with Gasteiger partial charge in [-0.2, -0.15) is 0 Å². The van der Waals surface area contributed by atoms with E-state index in [0.717, 1.165) is 11.1 Å². The zero-order chi connectivity index (χ0) is 20.2. The zero-order valence-corrected chi connectivity index (χ0v) is 16.1. The monoisotopic (exact) mass is 397 g/mol. The second kappa shape index (κ2) is 8.73. The van der Waals surface area contributed by atoms with Gasteiger partial charge in [0, 0.05) is 6.54 Å². The highest BCUT2D eigenvalue weighted by Crippen LogP contribution is 2.33. The third kappa shape index (κ3) is 4.17. The number of carbonyl (C=O) groups is 2. The van der Waals surface area contributed by atoms with E-state index in [2.05, 4.69) is 0 Å². The largest absolute Gasteiger partial charge is 0.467 e. The van der Waals surface area contributed by atoms with Crippen LogP contribution in [0.3, 0.4) is 0 Å². The molecule has 2 aromatic rings. The van der Waals surface area contributed by atoms with Crippen molar-refractivity contribution in [2.75, 3.05) is 13.7 Å². The van der Waals surface area contributed by atoms with E-state index in [1.165, 1.54) is 7.11 Å². The topological polar surface area (TPSA) is 74.3 Å². The number of fused-ring (bicyclic) bond motifs is 2. The molecule has 2 aliphatic heterocycles. The lowest BCUT2D eigenvalue weighted by atomic mass is 10.0. The maximum absolute atomic E-state index is 13.0. The zero-order valence-electron chi connectivity index (χ0n) is 16.1. The summed E-state index contributed by atoms with van der Waals surface area (Å²) in [7, 11) is 1.29. The van der Waals surface area contributed by atoms with Gasteiger partial charge in [0.25, 0.3) is 5.91 Å². The van der Waals surface area contributed by atoms with Crippen LogP contribution in [0.15, 0.2) is 60.7 Å². The van der Waals surface area contributed by atoms with Crippen molar-refractivity contribution in [3.63, 3.8) is 0 Å². The number of hydrogen-bond donors (Lipinski definition) is 0. The van der Waals surface area contributed by atoms with Crippen molar-refractivity contribution in [2.45, 2.75) is 37.7 Å². The summed E-state index contributed by atoms with van der Waals surface area (Å²) in [6.07, 6.45) is -2.71. The fourth-order valence-electron chi connectivity index (χ4n) is 3.68. The Balaban J connectivity index is 1.54. The molecule has 2 saturated heterocycles. The minimum atomic E-state index is -1.10. The lowest BCUT2D eigenvalue weighted by molar-refractivity contribution is -0.183. The van der Waals surface area contributed by atoms with Crippen LogP contribution in [-0.4, -0.2) is 55.0 Å². The second-order valence-electron chi connectivity index (χ2n) is 7.03. The summed E-state index contributed by atoms with van der Waals surface area (Å²) in [5.74, 6) is -0.871. The number of methoxy groups -OCH3 is 1. The fourth-order valence-corrected chi connectivity index (χ4v) is 3.68. The smallest absolute Gasteiger partial charge is 0.337 e. The molecule has 1 amide bonds. The predicted molar refractivity (Wildman–Crippen MR) is 102 cm³/mol. The number of amides is 1. The van der Waals surface area contributed by atoms with Crippen LogP contribution in [0.5, 0.6) is 0 Å². The Kier molecular flexibility index (Phi) is 5.89. The van der Waals surface area contributed by atoms with Gasteiger partial charge in [0.2, 0.25) is 6.29 Å². The first-order chi connectivity index (χ1) is 14.2. The van der Waals surface area contributed by atoms with E-state index in [1.807, 2.05) is 60.7 Å². The highest BCUT2D eigenvalue weighted by Gasteiger charge is 2.56. The third-order valence-electron chi connectivity index (χ3n) is 5.14. The first-order valence-electron chi connectivity index (χ1n) is 9.52. The quantitative estimate of drug-likeness (QED) is 0.665. The van der Waals surface area contributed by atoms with Crippen molar-refractivity contribution in [1.29, 1.82) is 0 Å². The van der Waals surface area contributed by atoms with Crippen LogP contribution in [0.25, 0.3) is 0 Å². The molecule has 2 aromatic carbocycles. The molecular formula is C22H23NO6. The van der Waals surface area contributed by atoms with Gasteiger partial charge in [-0.1, -0.05) is 60.7 Å². The van der Waals surface area contributed by atoms with Crippen molar-refractivity contribution in [1.82, 2.24) is 4.90 Å². The molecule has 2 fully saturated rings. The van der Waals surface area contributed by atoms with Crippen LogP contribution in [0.2, 0.25) is 0 Å². The maximum atomic E-state index is 13.0. The minimum absolute atomic E-state index is 0.210. The number of esters is 1. The van der Waals surface area contributed by atoms with Crippen molar-refractivity contribution in [3.8, 4) is 0 Å². The maximum Gasteiger partial charge on any atom is 0.337 e. The summed E-state index contributed by atoms with van der Waals surface area (Å²) in [5, 5.41) is 0. The molecular weight excluding hydrogens is 374 g/mol. The molecule has 0 spiro atoms. The first kappa shape index (κ1) is 19.6. The molecule has 29 heavy (non-hydrogen) atoms. The van der Waals surface area contributed by atoms with Crippen molar-refractivity contribution in [3.05, 3.63) is 71.8 Å². The van der Waals surface area contributed by atoms with Gasteiger partial charge in [0.05, 0.1) is 26.4 Å². The van der Waals surface area contributed by atoms with Crippen LogP contribution < -0.4 is 0 Å². The normalized spacial score (nSPS) is 25.8.